The van der Waals surface area contributed by atoms with Gasteiger partial charge in [0.15, 0.2) is 0 Å². The molecule has 2 nitrogen and oxygen atoms in total. The molecule has 1 N–H and O–H groups in total. The fourth-order valence-corrected chi connectivity index (χ4v) is 2.59. The van der Waals surface area contributed by atoms with E-state index in [1.54, 1.807) is 0 Å². The Morgan fingerprint density at radius 1 is 1.26 bits per heavy atom. The molecule has 1 heterocycles. The van der Waals surface area contributed by atoms with Crippen LogP contribution in [0.2, 0.25) is 0 Å². The van der Waals surface area contributed by atoms with Gasteiger partial charge in [-0.3, -0.25) is 4.90 Å². The zero-order valence-corrected chi connectivity index (χ0v) is 12.4. The normalized spacial score (nSPS) is 18.2. The van der Waals surface area contributed by atoms with E-state index in [0.29, 0.717) is 5.92 Å². The van der Waals surface area contributed by atoms with Crippen LogP contribution in [0, 0.1) is 0 Å². The van der Waals surface area contributed by atoms with Gasteiger partial charge in [0.25, 0.3) is 0 Å². The van der Waals surface area contributed by atoms with Crippen molar-refractivity contribution in [2.75, 3.05) is 26.7 Å². The second kappa shape index (κ2) is 6.88. The maximum atomic E-state index is 3.24. The van der Waals surface area contributed by atoms with Gasteiger partial charge in [0, 0.05) is 26.2 Å². The van der Waals surface area contributed by atoms with Crippen LogP contribution in [0.4, 0.5) is 0 Å². The highest BCUT2D eigenvalue weighted by Gasteiger charge is 2.10. The van der Waals surface area contributed by atoms with Gasteiger partial charge in [-0.25, -0.2) is 0 Å². The Balaban J connectivity index is 1.92. The monoisotopic (exact) mass is 258 g/mol. The largest absolute Gasteiger partial charge is 0.319 e. The maximum Gasteiger partial charge on any atom is 0.0237 e. The number of rotatable bonds is 5. The van der Waals surface area contributed by atoms with Crippen molar-refractivity contribution in [1.29, 1.82) is 0 Å². The van der Waals surface area contributed by atoms with Crippen molar-refractivity contribution in [2.45, 2.75) is 32.7 Å². The highest BCUT2D eigenvalue weighted by atomic mass is 15.1. The molecular weight excluding hydrogens is 232 g/mol. The number of nitrogens with zero attached hydrogens (tertiary/aromatic N) is 1. The van der Waals surface area contributed by atoms with Crippen LogP contribution in [-0.4, -0.2) is 31.6 Å². The van der Waals surface area contributed by atoms with Crippen molar-refractivity contribution >= 4 is 0 Å². The van der Waals surface area contributed by atoms with Crippen LogP contribution in [0.25, 0.3) is 0 Å². The number of nitrogens with one attached hydrogen (secondary N) is 1. The summed E-state index contributed by atoms with van der Waals surface area (Å²) >= 11 is 0. The van der Waals surface area contributed by atoms with E-state index < -0.39 is 0 Å². The van der Waals surface area contributed by atoms with Crippen LogP contribution < -0.4 is 5.32 Å². The van der Waals surface area contributed by atoms with Crippen LogP contribution in [0.3, 0.4) is 0 Å². The molecule has 0 aliphatic carbocycles. The van der Waals surface area contributed by atoms with Crippen molar-refractivity contribution in [3.8, 4) is 0 Å². The molecule has 1 aromatic rings. The van der Waals surface area contributed by atoms with E-state index in [2.05, 4.69) is 54.4 Å². The number of likely N-dealkylation sites (N-methyl/N-ethyl adjacent to an activating group) is 1. The van der Waals surface area contributed by atoms with Crippen molar-refractivity contribution in [1.82, 2.24) is 10.2 Å². The molecule has 0 saturated heterocycles. The molecule has 0 fully saturated rings. The SMILES string of the molecule is CNCC(C)c1ccc(CN2CC=C(C)CC2)cc1. The smallest absolute Gasteiger partial charge is 0.0237 e. The lowest BCUT2D eigenvalue weighted by Crippen LogP contribution is -2.27. The lowest BCUT2D eigenvalue weighted by Gasteiger charge is -2.25. The summed E-state index contributed by atoms with van der Waals surface area (Å²) in [6.07, 6.45) is 3.57. The zero-order valence-electron chi connectivity index (χ0n) is 12.4. The first kappa shape index (κ1) is 14.3. The molecule has 2 rings (SSSR count). The van der Waals surface area contributed by atoms with Crippen LogP contribution >= 0.6 is 0 Å². The summed E-state index contributed by atoms with van der Waals surface area (Å²) in [6.45, 7) is 8.91. The molecule has 104 valence electrons. The van der Waals surface area contributed by atoms with Crippen LogP contribution in [0.15, 0.2) is 35.9 Å². The summed E-state index contributed by atoms with van der Waals surface area (Å²) in [7, 11) is 2.01. The lowest BCUT2D eigenvalue weighted by atomic mass is 9.99. The highest BCUT2D eigenvalue weighted by molar-refractivity contribution is 5.25. The van der Waals surface area contributed by atoms with Crippen molar-refractivity contribution < 1.29 is 0 Å². The maximum absolute atomic E-state index is 3.24. The van der Waals surface area contributed by atoms with E-state index in [-0.39, 0.29) is 0 Å². The minimum absolute atomic E-state index is 0.583. The van der Waals surface area contributed by atoms with Crippen LogP contribution in [0.1, 0.15) is 37.3 Å². The summed E-state index contributed by atoms with van der Waals surface area (Å²) in [6, 6.07) is 9.13. The summed E-state index contributed by atoms with van der Waals surface area (Å²) in [5.41, 5.74) is 4.38. The summed E-state index contributed by atoms with van der Waals surface area (Å²) < 4.78 is 0. The fraction of sp³-hybridized carbons (Fsp3) is 0.529. The Labute approximate surface area is 117 Å². The summed E-state index contributed by atoms with van der Waals surface area (Å²) in [4.78, 5) is 2.51. The van der Waals surface area contributed by atoms with Gasteiger partial charge in [-0.15, -0.1) is 0 Å². The molecular formula is C17H26N2. The van der Waals surface area contributed by atoms with Crippen molar-refractivity contribution in [3.05, 3.63) is 47.0 Å². The van der Waals surface area contributed by atoms with Gasteiger partial charge in [0.2, 0.25) is 0 Å². The first-order valence-corrected chi connectivity index (χ1v) is 7.30. The average Bonchev–Trinajstić information content (AvgIpc) is 2.42. The van der Waals surface area contributed by atoms with Crippen molar-refractivity contribution in [2.24, 2.45) is 0 Å². The second-order valence-electron chi connectivity index (χ2n) is 5.74. The molecule has 1 aliphatic rings. The van der Waals surface area contributed by atoms with Gasteiger partial charge in [0.05, 0.1) is 0 Å². The standard InChI is InChI=1S/C17H26N2/c1-14-8-10-19(11-9-14)13-16-4-6-17(7-5-16)15(2)12-18-3/h4-8,15,18H,9-13H2,1-3H3. The van der Waals surface area contributed by atoms with Crippen LogP contribution in [0.5, 0.6) is 0 Å². The van der Waals surface area contributed by atoms with E-state index >= 15 is 0 Å². The molecule has 0 aromatic heterocycles. The molecule has 19 heavy (non-hydrogen) atoms. The molecule has 1 aromatic carbocycles. The van der Waals surface area contributed by atoms with E-state index in [1.165, 1.54) is 29.7 Å². The Bertz CT molecular complexity index is 419. The minimum atomic E-state index is 0.583. The minimum Gasteiger partial charge on any atom is -0.319 e. The average molecular weight is 258 g/mol. The van der Waals surface area contributed by atoms with E-state index in [0.717, 1.165) is 19.6 Å². The molecule has 0 radical (unpaired) electrons. The van der Waals surface area contributed by atoms with E-state index in [4.69, 9.17) is 0 Å². The van der Waals surface area contributed by atoms with Crippen LogP contribution in [-0.2, 0) is 6.54 Å². The van der Waals surface area contributed by atoms with Gasteiger partial charge in [-0.1, -0.05) is 42.8 Å². The molecule has 0 spiro atoms. The number of benzene rings is 1. The third kappa shape index (κ3) is 4.19. The predicted octanol–water partition coefficient (Wildman–Crippen LogP) is 3.16. The molecule has 1 atom stereocenters. The third-order valence-electron chi connectivity index (χ3n) is 3.99. The molecule has 0 saturated carbocycles. The lowest BCUT2D eigenvalue weighted by molar-refractivity contribution is 0.286. The Morgan fingerprint density at radius 3 is 2.58 bits per heavy atom. The van der Waals surface area contributed by atoms with E-state index in [9.17, 15) is 0 Å². The van der Waals surface area contributed by atoms with Gasteiger partial charge in [-0.05, 0) is 37.4 Å². The van der Waals surface area contributed by atoms with Gasteiger partial charge < -0.3 is 5.32 Å². The van der Waals surface area contributed by atoms with Gasteiger partial charge in [0.1, 0.15) is 0 Å². The first-order chi connectivity index (χ1) is 9.19. The highest BCUT2D eigenvalue weighted by Crippen LogP contribution is 2.17. The zero-order chi connectivity index (χ0) is 13.7. The fourth-order valence-electron chi connectivity index (χ4n) is 2.59. The topological polar surface area (TPSA) is 15.3 Å². The Kier molecular flexibility index (Phi) is 5.17. The summed E-state index contributed by atoms with van der Waals surface area (Å²) in [5, 5.41) is 3.24. The van der Waals surface area contributed by atoms with Gasteiger partial charge >= 0.3 is 0 Å². The quantitative estimate of drug-likeness (QED) is 0.816. The molecule has 0 bridgehead atoms. The third-order valence-corrected chi connectivity index (χ3v) is 3.99. The van der Waals surface area contributed by atoms with E-state index in [1.807, 2.05) is 7.05 Å². The number of hydrogen-bond acceptors (Lipinski definition) is 2. The second-order valence-corrected chi connectivity index (χ2v) is 5.74. The molecule has 0 amide bonds. The van der Waals surface area contributed by atoms with Gasteiger partial charge in [-0.2, -0.15) is 0 Å². The first-order valence-electron chi connectivity index (χ1n) is 7.30. The van der Waals surface area contributed by atoms with Crippen molar-refractivity contribution in [3.63, 3.8) is 0 Å². The Hall–Kier alpha value is -1.12. The molecule has 1 unspecified atom stereocenters. The Morgan fingerprint density at radius 2 is 2.00 bits per heavy atom. The summed E-state index contributed by atoms with van der Waals surface area (Å²) in [5.74, 6) is 0.583. The molecule has 1 aliphatic heterocycles. The predicted molar refractivity (Wildman–Crippen MR) is 82.4 cm³/mol. The number of hydrogen-bond donors (Lipinski definition) is 1. The molecule has 2 heteroatoms.